The van der Waals surface area contributed by atoms with Gasteiger partial charge < -0.3 is 15.6 Å². The lowest BCUT2D eigenvalue weighted by atomic mass is 9.93. The smallest absolute Gasteiger partial charge is 0.248 e. The zero-order chi connectivity index (χ0) is 10.0. The van der Waals surface area contributed by atoms with E-state index in [2.05, 4.69) is 0 Å². The first-order valence-corrected chi connectivity index (χ1v) is 3.45. The van der Waals surface area contributed by atoms with E-state index in [1.165, 1.54) is 12.1 Å². The van der Waals surface area contributed by atoms with Gasteiger partial charge in [-0.2, -0.15) is 0 Å². The molecule has 0 fully saturated rings. The maximum absolute atomic E-state index is 10.7. The van der Waals surface area contributed by atoms with Crippen LogP contribution in [0.3, 0.4) is 0 Å². The molecule has 1 amide bonds. The first-order chi connectivity index (χ1) is 6.02. The van der Waals surface area contributed by atoms with Gasteiger partial charge in [-0.25, -0.2) is 0 Å². The Bertz CT molecular complexity index is 376. The van der Waals surface area contributed by atoms with E-state index in [9.17, 15) is 9.59 Å². The van der Waals surface area contributed by atoms with Gasteiger partial charge in [-0.15, -0.1) is 0 Å². The fourth-order valence-corrected chi connectivity index (χ4v) is 0.887. The Labute approximate surface area is 75.8 Å². The Hall–Kier alpha value is -1.78. The molecule has 0 bridgehead atoms. The van der Waals surface area contributed by atoms with Crippen LogP contribution < -0.4 is 5.73 Å². The molecule has 13 heavy (non-hydrogen) atoms. The van der Waals surface area contributed by atoms with Crippen molar-refractivity contribution in [3.8, 4) is 5.75 Å². The molecule has 1 rings (SSSR count). The van der Waals surface area contributed by atoms with Gasteiger partial charge in [-0.3, -0.25) is 4.79 Å². The SMILES string of the molecule is [B]C(=O)c1cc(C(N)=O)ccc1O. The molecule has 1 aromatic rings. The third-order valence-electron chi connectivity index (χ3n) is 1.55. The Balaban J connectivity index is 3.27. The second kappa shape index (κ2) is 3.31. The molecule has 2 radical (unpaired) electrons. The van der Waals surface area contributed by atoms with Crippen molar-refractivity contribution in [1.29, 1.82) is 0 Å². The Morgan fingerprint density at radius 3 is 2.46 bits per heavy atom. The predicted octanol–water partition coefficient (Wildman–Crippen LogP) is -0.200. The molecule has 0 aliphatic carbocycles. The zero-order valence-electron chi connectivity index (χ0n) is 6.65. The normalized spacial score (nSPS) is 9.54. The molecule has 0 saturated carbocycles. The van der Waals surface area contributed by atoms with Crippen molar-refractivity contribution in [2.75, 3.05) is 0 Å². The van der Waals surface area contributed by atoms with Gasteiger partial charge in [0.05, 0.1) is 0 Å². The number of carbonyl (C=O) groups is 2. The molecule has 0 unspecified atom stereocenters. The average Bonchev–Trinajstić information content (AvgIpc) is 2.04. The molecule has 0 atom stereocenters. The van der Waals surface area contributed by atoms with Crippen LogP contribution in [0.2, 0.25) is 0 Å². The molecular weight excluding hydrogens is 169 g/mol. The highest BCUT2D eigenvalue weighted by Gasteiger charge is 2.08. The summed E-state index contributed by atoms with van der Waals surface area (Å²) in [7, 11) is 4.93. The van der Waals surface area contributed by atoms with E-state index in [0.717, 1.165) is 6.07 Å². The van der Waals surface area contributed by atoms with Gasteiger partial charge in [0, 0.05) is 11.1 Å². The highest BCUT2D eigenvalue weighted by atomic mass is 16.3. The van der Waals surface area contributed by atoms with Crippen LogP contribution >= 0.6 is 0 Å². The number of benzene rings is 1. The maximum Gasteiger partial charge on any atom is 0.248 e. The number of aromatic hydroxyl groups is 1. The summed E-state index contributed by atoms with van der Waals surface area (Å²) in [6.45, 7) is 0. The zero-order valence-corrected chi connectivity index (χ0v) is 6.65. The van der Waals surface area contributed by atoms with E-state index in [1.807, 2.05) is 0 Å². The van der Waals surface area contributed by atoms with Crippen LogP contribution in [0.15, 0.2) is 18.2 Å². The summed E-state index contributed by atoms with van der Waals surface area (Å²) < 4.78 is 0. The number of hydrogen-bond donors (Lipinski definition) is 2. The van der Waals surface area contributed by atoms with Gasteiger partial charge in [0.25, 0.3) is 0 Å². The van der Waals surface area contributed by atoms with Crippen LogP contribution in [0.1, 0.15) is 20.7 Å². The van der Waals surface area contributed by atoms with Gasteiger partial charge in [0.2, 0.25) is 5.91 Å². The molecule has 0 aliphatic rings. The predicted molar refractivity (Wildman–Crippen MR) is 46.7 cm³/mol. The Kier molecular flexibility index (Phi) is 2.37. The number of rotatable bonds is 2. The number of nitrogens with two attached hydrogens (primary N) is 1. The van der Waals surface area contributed by atoms with Gasteiger partial charge >= 0.3 is 0 Å². The van der Waals surface area contributed by atoms with Crippen molar-refractivity contribution in [1.82, 2.24) is 0 Å². The number of carbonyl (C=O) groups excluding carboxylic acids is 2. The van der Waals surface area contributed by atoms with Crippen molar-refractivity contribution < 1.29 is 14.7 Å². The molecule has 1 aromatic carbocycles. The molecule has 0 spiro atoms. The molecule has 64 valence electrons. The second-order valence-electron chi connectivity index (χ2n) is 2.46. The van der Waals surface area contributed by atoms with Crippen LogP contribution in [-0.2, 0) is 0 Å². The molecule has 0 heterocycles. The lowest BCUT2D eigenvalue weighted by Crippen LogP contribution is -2.12. The molecule has 4 nitrogen and oxygen atoms in total. The van der Waals surface area contributed by atoms with E-state index in [1.54, 1.807) is 0 Å². The summed E-state index contributed by atoms with van der Waals surface area (Å²) in [5.41, 5.74) is 4.17. The summed E-state index contributed by atoms with van der Waals surface area (Å²) in [6, 6.07) is 3.66. The van der Waals surface area contributed by atoms with Crippen LogP contribution in [0.25, 0.3) is 0 Å². The summed E-state index contributed by atoms with van der Waals surface area (Å²) in [6.07, 6.45) is 0. The van der Waals surface area contributed by atoms with Crippen molar-refractivity contribution in [2.24, 2.45) is 5.73 Å². The fraction of sp³-hybridized carbons (Fsp3) is 0. The molecule has 0 saturated heterocycles. The fourth-order valence-electron chi connectivity index (χ4n) is 0.887. The number of hydrogen-bond acceptors (Lipinski definition) is 3. The Morgan fingerprint density at radius 1 is 1.38 bits per heavy atom. The summed E-state index contributed by atoms with van der Waals surface area (Å²) in [5, 5.41) is 9.13. The lowest BCUT2D eigenvalue weighted by Gasteiger charge is -2.02. The van der Waals surface area contributed by atoms with Crippen molar-refractivity contribution >= 4 is 19.4 Å². The number of phenolic OH excluding ortho intramolecular Hbond substituents is 1. The van der Waals surface area contributed by atoms with Crippen molar-refractivity contribution in [2.45, 2.75) is 0 Å². The first kappa shape index (κ1) is 9.31. The molecule has 5 heteroatoms. The van der Waals surface area contributed by atoms with Crippen molar-refractivity contribution in [3.63, 3.8) is 0 Å². The topological polar surface area (TPSA) is 80.4 Å². The first-order valence-electron chi connectivity index (χ1n) is 3.45. The van der Waals surface area contributed by atoms with Crippen molar-refractivity contribution in [3.05, 3.63) is 29.3 Å². The minimum Gasteiger partial charge on any atom is -0.507 e. The van der Waals surface area contributed by atoms with Gasteiger partial charge in [0.15, 0.2) is 7.85 Å². The molecule has 3 N–H and O–H groups in total. The highest BCUT2D eigenvalue weighted by Crippen LogP contribution is 2.17. The van der Waals surface area contributed by atoms with E-state index in [4.69, 9.17) is 18.7 Å². The maximum atomic E-state index is 10.7. The standard InChI is InChI=1S/C8H6BNO3/c9-7(12)5-3-4(8(10)13)1-2-6(5)11/h1-3,11H,(H2,10,13). The molecular formula is C8H6BNO3. The van der Waals surface area contributed by atoms with Gasteiger partial charge in [-0.1, -0.05) is 0 Å². The molecule has 0 aliphatic heterocycles. The minimum atomic E-state index is -0.805. The second-order valence-corrected chi connectivity index (χ2v) is 2.46. The lowest BCUT2D eigenvalue weighted by molar-refractivity contribution is 0.100. The third-order valence-corrected chi connectivity index (χ3v) is 1.55. The van der Waals surface area contributed by atoms with E-state index in [0.29, 0.717) is 0 Å². The molecule has 0 aromatic heterocycles. The number of phenols is 1. The highest BCUT2D eigenvalue weighted by molar-refractivity contribution is 6.62. The van der Waals surface area contributed by atoms with Crippen LogP contribution in [0, 0.1) is 0 Å². The minimum absolute atomic E-state index is 0.115. The summed E-state index contributed by atoms with van der Waals surface area (Å²) >= 11 is 0. The third kappa shape index (κ3) is 1.87. The van der Waals surface area contributed by atoms with Gasteiger partial charge in [-0.05, 0) is 18.2 Å². The summed E-state index contributed by atoms with van der Waals surface area (Å²) in [5.74, 6) is -0.944. The Morgan fingerprint density at radius 2 is 2.00 bits per heavy atom. The number of amides is 1. The van der Waals surface area contributed by atoms with E-state index >= 15 is 0 Å². The van der Waals surface area contributed by atoms with Crippen LogP contribution in [-0.4, -0.2) is 24.5 Å². The van der Waals surface area contributed by atoms with Crippen LogP contribution in [0.5, 0.6) is 5.75 Å². The largest absolute Gasteiger partial charge is 0.507 e. The van der Waals surface area contributed by atoms with E-state index < -0.39 is 11.6 Å². The van der Waals surface area contributed by atoms with E-state index in [-0.39, 0.29) is 16.9 Å². The van der Waals surface area contributed by atoms with Crippen LogP contribution in [0.4, 0.5) is 0 Å². The summed E-state index contributed by atoms with van der Waals surface area (Å²) in [4.78, 5) is 21.4. The quantitative estimate of drug-likeness (QED) is 0.610. The monoisotopic (exact) mass is 175 g/mol. The average molecular weight is 175 g/mol. The number of primary amides is 1. The van der Waals surface area contributed by atoms with Gasteiger partial charge in [0.1, 0.15) is 11.4 Å².